The fraction of sp³-hybridized carbons (Fsp3) is 0.800. The van der Waals surface area contributed by atoms with E-state index in [2.05, 4.69) is 26.9 Å². The van der Waals surface area contributed by atoms with Crippen LogP contribution in [0.5, 0.6) is 0 Å². The van der Waals surface area contributed by atoms with Gasteiger partial charge in [0.25, 0.3) is 0 Å². The third-order valence-electron chi connectivity index (χ3n) is 1.15. The minimum atomic E-state index is 0.883. The molecule has 0 aromatic carbocycles. The highest BCUT2D eigenvalue weighted by molar-refractivity contribution is 7.98. The van der Waals surface area contributed by atoms with Crippen molar-refractivity contribution in [3.8, 4) is 0 Å². The molecule has 0 radical (unpaired) electrons. The molecule has 5 heteroatoms. The summed E-state index contributed by atoms with van der Waals surface area (Å²) in [7, 11) is 0. The van der Waals surface area contributed by atoms with E-state index in [1.807, 2.05) is 11.8 Å². The van der Waals surface area contributed by atoms with Gasteiger partial charge in [-0.25, -0.2) is 5.10 Å². The maximum atomic E-state index is 3.76. The van der Waals surface area contributed by atoms with Crippen LogP contribution in [0.1, 0.15) is 12.2 Å². The van der Waals surface area contributed by atoms with Crippen LogP contribution >= 0.6 is 11.8 Å². The van der Waals surface area contributed by atoms with Crippen molar-refractivity contribution in [1.29, 1.82) is 0 Å². The van der Waals surface area contributed by atoms with Crippen molar-refractivity contribution in [1.82, 2.24) is 20.6 Å². The van der Waals surface area contributed by atoms with Crippen LogP contribution in [0.2, 0.25) is 0 Å². The number of tetrazole rings is 1. The van der Waals surface area contributed by atoms with Crippen LogP contribution in [0.15, 0.2) is 0 Å². The van der Waals surface area contributed by atoms with Crippen molar-refractivity contribution in [2.75, 3.05) is 12.0 Å². The number of aryl methyl sites for hydroxylation is 1. The molecule has 1 aromatic rings. The van der Waals surface area contributed by atoms with Gasteiger partial charge in [0.05, 0.1) is 0 Å². The lowest BCUT2D eigenvalue weighted by atomic mass is 10.3. The van der Waals surface area contributed by atoms with E-state index >= 15 is 0 Å². The van der Waals surface area contributed by atoms with Crippen molar-refractivity contribution in [3.05, 3.63) is 5.82 Å². The summed E-state index contributed by atoms with van der Waals surface area (Å²) >= 11 is 1.84. The number of rotatable bonds is 4. The summed E-state index contributed by atoms with van der Waals surface area (Å²) in [6.07, 6.45) is 4.19. The lowest BCUT2D eigenvalue weighted by Gasteiger charge is -1.91. The van der Waals surface area contributed by atoms with Gasteiger partial charge in [-0.3, -0.25) is 0 Å². The molecule has 10 heavy (non-hydrogen) atoms. The molecule has 0 aliphatic carbocycles. The number of aromatic nitrogens is 4. The molecule has 0 aliphatic heterocycles. The highest BCUT2D eigenvalue weighted by atomic mass is 32.2. The van der Waals surface area contributed by atoms with Gasteiger partial charge < -0.3 is 0 Å². The number of thioether (sulfide) groups is 1. The zero-order chi connectivity index (χ0) is 7.23. The summed E-state index contributed by atoms with van der Waals surface area (Å²) in [5, 5.41) is 13.4. The van der Waals surface area contributed by atoms with Gasteiger partial charge in [-0.2, -0.15) is 11.8 Å². The first-order chi connectivity index (χ1) is 4.93. The molecular formula is C5H10N4S. The Morgan fingerprint density at radius 3 is 3.10 bits per heavy atom. The normalized spacial score (nSPS) is 10.1. The Kier molecular flexibility index (Phi) is 3.21. The maximum Gasteiger partial charge on any atom is 0.148 e. The van der Waals surface area contributed by atoms with Crippen molar-refractivity contribution < 1.29 is 0 Å². The first kappa shape index (κ1) is 7.53. The summed E-state index contributed by atoms with van der Waals surface area (Å²) in [6.45, 7) is 0. The third kappa shape index (κ3) is 2.34. The van der Waals surface area contributed by atoms with Crippen LogP contribution in [-0.4, -0.2) is 32.6 Å². The van der Waals surface area contributed by atoms with E-state index < -0.39 is 0 Å². The number of hydrogen-bond acceptors (Lipinski definition) is 4. The smallest absolute Gasteiger partial charge is 0.148 e. The Morgan fingerprint density at radius 2 is 2.50 bits per heavy atom. The van der Waals surface area contributed by atoms with Gasteiger partial charge in [0, 0.05) is 6.42 Å². The topological polar surface area (TPSA) is 54.5 Å². The maximum absolute atomic E-state index is 3.76. The molecule has 0 bridgehead atoms. The predicted molar refractivity (Wildman–Crippen MR) is 40.9 cm³/mol. The Balaban J connectivity index is 2.15. The number of nitrogens with one attached hydrogen (secondary N) is 1. The summed E-state index contributed by atoms with van der Waals surface area (Å²) in [5.74, 6) is 2.05. The Labute approximate surface area is 63.8 Å². The zero-order valence-electron chi connectivity index (χ0n) is 5.87. The van der Waals surface area contributed by atoms with E-state index in [1.165, 1.54) is 5.75 Å². The van der Waals surface area contributed by atoms with E-state index in [9.17, 15) is 0 Å². The van der Waals surface area contributed by atoms with Gasteiger partial charge in [0.15, 0.2) is 0 Å². The standard InChI is InChI=1S/C5H10N4S/c1-10-4-2-3-5-6-8-9-7-5/h2-4H2,1H3,(H,6,7,8,9). The summed E-state index contributed by atoms with van der Waals surface area (Å²) < 4.78 is 0. The molecule has 1 aromatic heterocycles. The molecule has 56 valence electrons. The third-order valence-corrected chi connectivity index (χ3v) is 1.85. The molecule has 0 unspecified atom stereocenters. The lowest BCUT2D eigenvalue weighted by molar-refractivity contribution is 0.847. The zero-order valence-corrected chi connectivity index (χ0v) is 6.69. The fourth-order valence-corrected chi connectivity index (χ4v) is 1.10. The minimum Gasteiger partial charge on any atom is -0.243 e. The van der Waals surface area contributed by atoms with Crippen LogP contribution < -0.4 is 0 Å². The van der Waals surface area contributed by atoms with Crippen LogP contribution in [0.4, 0.5) is 0 Å². The quantitative estimate of drug-likeness (QED) is 0.648. The largest absolute Gasteiger partial charge is 0.243 e. The second-order valence-electron chi connectivity index (χ2n) is 1.94. The van der Waals surface area contributed by atoms with Gasteiger partial charge in [0.2, 0.25) is 0 Å². The lowest BCUT2D eigenvalue weighted by Crippen LogP contribution is -1.89. The van der Waals surface area contributed by atoms with Crippen molar-refractivity contribution in [2.24, 2.45) is 0 Å². The van der Waals surface area contributed by atoms with Gasteiger partial charge in [0.1, 0.15) is 5.82 Å². The van der Waals surface area contributed by atoms with E-state index in [4.69, 9.17) is 0 Å². The fourth-order valence-electron chi connectivity index (χ4n) is 0.669. The molecule has 0 spiro atoms. The Morgan fingerprint density at radius 1 is 1.60 bits per heavy atom. The molecule has 4 nitrogen and oxygen atoms in total. The molecule has 0 saturated carbocycles. The number of aromatic amines is 1. The number of hydrogen-bond donors (Lipinski definition) is 1. The molecule has 1 rings (SSSR count). The van der Waals surface area contributed by atoms with Crippen molar-refractivity contribution in [2.45, 2.75) is 12.8 Å². The molecule has 1 N–H and O–H groups in total. The van der Waals surface area contributed by atoms with Crippen LogP contribution in [-0.2, 0) is 6.42 Å². The van der Waals surface area contributed by atoms with E-state index in [1.54, 1.807) is 0 Å². The molecule has 0 fully saturated rings. The monoisotopic (exact) mass is 158 g/mol. The van der Waals surface area contributed by atoms with Gasteiger partial charge >= 0.3 is 0 Å². The molecule has 0 amide bonds. The van der Waals surface area contributed by atoms with E-state index in [0.29, 0.717) is 0 Å². The summed E-state index contributed by atoms with van der Waals surface area (Å²) in [6, 6.07) is 0. The van der Waals surface area contributed by atoms with Crippen LogP contribution in [0, 0.1) is 0 Å². The first-order valence-corrected chi connectivity index (χ1v) is 4.54. The van der Waals surface area contributed by atoms with E-state index in [0.717, 1.165) is 18.7 Å². The highest BCUT2D eigenvalue weighted by Crippen LogP contribution is 1.99. The highest BCUT2D eigenvalue weighted by Gasteiger charge is 1.94. The van der Waals surface area contributed by atoms with Crippen molar-refractivity contribution >= 4 is 11.8 Å². The number of nitrogens with zero attached hydrogens (tertiary/aromatic N) is 3. The van der Waals surface area contributed by atoms with Crippen LogP contribution in [0.3, 0.4) is 0 Å². The van der Waals surface area contributed by atoms with Gasteiger partial charge in [-0.05, 0) is 28.9 Å². The Bertz CT molecular complexity index is 162. The number of H-pyrrole nitrogens is 1. The minimum absolute atomic E-state index is 0.883. The predicted octanol–water partition coefficient (Wildman–Crippen LogP) is 0.495. The molecule has 1 heterocycles. The summed E-state index contributed by atoms with van der Waals surface area (Å²) in [5.41, 5.74) is 0. The van der Waals surface area contributed by atoms with Crippen molar-refractivity contribution in [3.63, 3.8) is 0 Å². The average molecular weight is 158 g/mol. The second-order valence-corrected chi connectivity index (χ2v) is 2.93. The Hall–Kier alpha value is -0.580. The molecule has 0 atom stereocenters. The first-order valence-electron chi connectivity index (χ1n) is 3.15. The molecule has 0 saturated heterocycles. The van der Waals surface area contributed by atoms with Crippen LogP contribution in [0.25, 0.3) is 0 Å². The van der Waals surface area contributed by atoms with Gasteiger partial charge in [-0.1, -0.05) is 0 Å². The SMILES string of the molecule is CSCCCc1nnn[nH]1. The molecular weight excluding hydrogens is 148 g/mol. The summed E-state index contributed by atoms with van der Waals surface area (Å²) in [4.78, 5) is 0. The van der Waals surface area contributed by atoms with E-state index in [-0.39, 0.29) is 0 Å². The van der Waals surface area contributed by atoms with Gasteiger partial charge in [-0.15, -0.1) is 5.10 Å². The molecule has 0 aliphatic rings. The average Bonchev–Trinajstić information content (AvgIpc) is 2.41. The second kappa shape index (κ2) is 4.27.